The second-order valence-electron chi connectivity index (χ2n) is 4.16. The maximum Gasteiger partial charge on any atom is 0.0672 e. The van der Waals surface area contributed by atoms with Crippen molar-refractivity contribution in [2.45, 2.75) is 13.0 Å². The molecule has 0 fully saturated rings. The predicted molar refractivity (Wildman–Crippen MR) is 71.9 cm³/mol. The lowest BCUT2D eigenvalue weighted by Crippen LogP contribution is -2.30. The molecular formula is C14H22N2O. The van der Waals surface area contributed by atoms with E-state index in [2.05, 4.69) is 24.0 Å². The molecule has 1 unspecified atom stereocenters. The normalized spacial score (nSPS) is 12.4. The number of benzene rings is 1. The van der Waals surface area contributed by atoms with Gasteiger partial charge in [0.05, 0.1) is 13.2 Å². The zero-order chi connectivity index (χ0) is 12.5. The Morgan fingerprint density at radius 1 is 1.41 bits per heavy atom. The van der Waals surface area contributed by atoms with Gasteiger partial charge in [-0.1, -0.05) is 42.5 Å². The first-order valence-electron chi connectivity index (χ1n) is 5.94. The lowest BCUT2D eigenvalue weighted by Gasteiger charge is -2.17. The average Bonchev–Trinajstić information content (AvgIpc) is 2.34. The summed E-state index contributed by atoms with van der Waals surface area (Å²) in [6, 6.07) is 10.4. The van der Waals surface area contributed by atoms with Gasteiger partial charge in [-0.3, -0.25) is 0 Å². The molecule has 0 aliphatic carbocycles. The van der Waals surface area contributed by atoms with Crippen LogP contribution in [-0.4, -0.2) is 26.3 Å². The first-order chi connectivity index (χ1) is 8.24. The van der Waals surface area contributed by atoms with Crippen LogP contribution in [0.4, 0.5) is 0 Å². The Labute approximate surface area is 104 Å². The van der Waals surface area contributed by atoms with Crippen LogP contribution in [-0.2, 0) is 4.74 Å². The van der Waals surface area contributed by atoms with Gasteiger partial charge in [-0.25, -0.2) is 0 Å². The van der Waals surface area contributed by atoms with Crippen LogP contribution in [0, 0.1) is 0 Å². The number of nitrogens with one attached hydrogen (secondary N) is 1. The van der Waals surface area contributed by atoms with Crippen molar-refractivity contribution in [3.05, 3.63) is 48.0 Å². The topological polar surface area (TPSA) is 47.3 Å². The minimum Gasteiger partial charge on any atom is -0.376 e. The maximum atomic E-state index is 5.75. The Bertz CT molecular complexity index is 324. The number of hydrogen-bond acceptors (Lipinski definition) is 3. The Balaban J connectivity index is 2.26. The largest absolute Gasteiger partial charge is 0.376 e. The molecule has 17 heavy (non-hydrogen) atoms. The van der Waals surface area contributed by atoms with Gasteiger partial charge in [0.25, 0.3) is 0 Å². The molecule has 0 saturated carbocycles. The zero-order valence-electron chi connectivity index (χ0n) is 10.5. The molecule has 0 spiro atoms. The van der Waals surface area contributed by atoms with E-state index < -0.39 is 0 Å². The summed E-state index contributed by atoms with van der Waals surface area (Å²) in [6.07, 6.45) is 0. The molecule has 0 heterocycles. The third-order valence-corrected chi connectivity index (χ3v) is 2.42. The van der Waals surface area contributed by atoms with Crippen molar-refractivity contribution in [2.24, 2.45) is 5.73 Å². The monoisotopic (exact) mass is 234 g/mol. The molecule has 0 radical (unpaired) electrons. The summed E-state index contributed by atoms with van der Waals surface area (Å²) in [4.78, 5) is 0. The van der Waals surface area contributed by atoms with Gasteiger partial charge < -0.3 is 15.8 Å². The number of hydrogen-bond donors (Lipinski definition) is 2. The Morgan fingerprint density at radius 2 is 2.12 bits per heavy atom. The van der Waals surface area contributed by atoms with E-state index in [0.717, 1.165) is 12.1 Å². The minimum atomic E-state index is 0.199. The van der Waals surface area contributed by atoms with Crippen LogP contribution < -0.4 is 11.1 Å². The lowest BCUT2D eigenvalue weighted by atomic mass is 10.1. The Kier molecular flexibility index (Phi) is 6.55. The summed E-state index contributed by atoms with van der Waals surface area (Å²) in [5, 5.41) is 3.38. The summed E-state index contributed by atoms with van der Waals surface area (Å²) in [6.45, 7) is 8.43. The molecule has 94 valence electrons. The van der Waals surface area contributed by atoms with E-state index in [1.54, 1.807) is 0 Å². The van der Waals surface area contributed by atoms with Gasteiger partial charge in [0.15, 0.2) is 0 Å². The quantitative estimate of drug-likeness (QED) is 0.533. The summed E-state index contributed by atoms with van der Waals surface area (Å²) in [7, 11) is 0. The van der Waals surface area contributed by atoms with Crippen molar-refractivity contribution in [1.82, 2.24) is 5.32 Å². The molecule has 0 aromatic heterocycles. The van der Waals surface area contributed by atoms with Crippen LogP contribution in [0.5, 0.6) is 0 Å². The van der Waals surface area contributed by atoms with Crippen molar-refractivity contribution >= 4 is 0 Å². The number of ether oxygens (including phenoxy) is 1. The lowest BCUT2D eigenvalue weighted by molar-refractivity contribution is 0.155. The fourth-order valence-electron chi connectivity index (χ4n) is 1.57. The second-order valence-corrected chi connectivity index (χ2v) is 4.16. The van der Waals surface area contributed by atoms with Crippen LogP contribution in [0.1, 0.15) is 18.5 Å². The van der Waals surface area contributed by atoms with Gasteiger partial charge in [-0.15, -0.1) is 0 Å². The van der Waals surface area contributed by atoms with Gasteiger partial charge in [-0.2, -0.15) is 0 Å². The maximum absolute atomic E-state index is 5.75. The van der Waals surface area contributed by atoms with Gasteiger partial charge in [0, 0.05) is 19.1 Å². The zero-order valence-corrected chi connectivity index (χ0v) is 10.5. The van der Waals surface area contributed by atoms with E-state index >= 15 is 0 Å². The molecule has 0 amide bonds. The Morgan fingerprint density at radius 3 is 2.71 bits per heavy atom. The van der Waals surface area contributed by atoms with E-state index in [-0.39, 0.29) is 6.04 Å². The van der Waals surface area contributed by atoms with Crippen molar-refractivity contribution < 1.29 is 4.74 Å². The molecule has 0 aliphatic heterocycles. The first kappa shape index (κ1) is 13.9. The van der Waals surface area contributed by atoms with Gasteiger partial charge in [-0.05, 0) is 12.5 Å². The average molecular weight is 234 g/mol. The highest BCUT2D eigenvalue weighted by atomic mass is 16.5. The van der Waals surface area contributed by atoms with Crippen molar-refractivity contribution in [3.8, 4) is 0 Å². The molecule has 1 aromatic rings. The van der Waals surface area contributed by atoms with Crippen LogP contribution in [0.15, 0.2) is 42.5 Å². The number of nitrogens with two attached hydrogens (primary N) is 1. The van der Waals surface area contributed by atoms with Gasteiger partial charge in [0.2, 0.25) is 0 Å². The van der Waals surface area contributed by atoms with E-state index in [0.29, 0.717) is 19.8 Å². The van der Waals surface area contributed by atoms with E-state index in [4.69, 9.17) is 10.5 Å². The van der Waals surface area contributed by atoms with E-state index in [1.165, 1.54) is 5.56 Å². The highest BCUT2D eigenvalue weighted by Crippen LogP contribution is 2.10. The van der Waals surface area contributed by atoms with Crippen molar-refractivity contribution in [1.29, 1.82) is 0 Å². The minimum absolute atomic E-state index is 0.199. The molecule has 1 atom stereocenters. The highest BCUT2D eigenvalue weighted by Gasteiger charge is 2.07. The summed E-state index contributed by atoms with van der Waals surface area (Å²) >= 11 is 0. The summed E-state index contributed by atoms with van der Waals surface area (Å²) < 4.78 is 5.42. The fourth-order valence-corrected chi connectivity index (χ4v) is 1.57. The van der Waals surface area contributed by atoms with Gasteiger partial charge in [0.1, 0.15) is 0 Å². The van der Waals surface area contributed by atoms with Crippen LogP contribution in [0.3, 0.4) is 0 Å². The molecule has 0 bridgehead atoms. The third-order valence-electron chi connectivity index (χ3n) is 2.42. The predicted octanol–water partition coefficient (Wildman–Crippen LogP) is 1.87. The third kappa shape index (κ3) is 5.63. The van der Waals surface area contributed by atoms with E-state index in [9.17, 15) is 0 Å². The molecule has 1 aromatic carbocycles. The fraction of sp³-hybridized carbons (Fsp3) is 0.429. The van der Waals surface area contributed by atoms with Gasteiger partial charge >= 0.3 is 0 Å². The Hall–Kier alpha value is -1.16. The molecule has 0 aliphatic rings. The smallest absolute Gasteiger partial charge is 0.0672 e. The van der Waals surface area contributed by atoms with Crippen molar-refractivity contribution in [2.75, 3.05) is 26.3 Å². The summed E-state index contributed by atoms with van der Waals surface area (Å²) in [5.41, 5.74) is 8.01. The highest BCUT2D eigenvalue weighted by molar-refractivity contribution is 5.19. The van der Waals surface area contributed by atoms with E-state index in [1.807, 2.05) is 25.1 Å². The molecule has 0 saturated heterocycles. The molecular weight excluding hydrogens is 212 g/mol. The molecule has 3 N–H and O–H groups in total. The first-order valence-corrected chi connectivity index (χ1v) is 5.94. The van der Waals surface area contributed by atoms with Crippen LogP contribution in [0.2, 0.25) is 0 Å². The molecule has 3 nitrogen and oxygen atoms in total. The molecule has 3 heteroatoms. The SMILES string of the molecule is C=C(C)COCCNC(CN)c1ccccc1. The van der Waals surface area contributed by atoms with Crippen LogP contribution in [0.25, 0.3) is 0 Å². The van der Waals surface area contributed by atoms with Crippen LogP contribution >= 0.6 is 0 Å². The summed E-state index contributed by atoms with van der Waals surface area (Å²) in [5.74, 6) is 0. The number of rotatable bonds is 8. The second kappa shape index (κ2) is 8.01. The molecule has 1 rings (SSSR count). The standard InChI is InChI=1S/C14H22N2O/c1-12(2)11-17-9-8-16-14(10-15)13-6-4-3-5-7-13/h3-7,14,16H,1,8-11,15H2,2H3. The van der Waals surface area contributed by atoms with Crippen molar-refractivity contribution in [3.63, 3.8) is 0 Å².